The van der Waals surface area contributed by atoms with Gasteiger partial charge in [-0.1, -0.05) is 24.6 Å². The summed E-state index contributed by atoms with van der Waals surface area (Å²) in [5, 5.41) is 6.96. The third kappa shape index (κ3) is 4.22. The van der Waals surface area contributed by atoms with Crippen molar-refractivity contribution in [2.24, 2.45) is 11.0 Å². The van der Waals surface area contributed by atoms with Crippen LogP contribution in [0.1, 0.15) is 36.3 Å². The molecule has 0 radical (unpaired) electrons. The molecule has 0 saturated heterocycles. The summed E-state index contributed by atoms with van der Waals surface area (Å²) < 4.78 is 5.68. The van der Waals surface area contributed by atoms with Crippen LogP contribution in [0, 0.1) is 12.8 Å². The van der Waals surface area contributed by atoms with Gasteiger partial charge in [0, 0.05) is 11.6 Å². The van der Waals surface area contributed by atoms with Gasteiger partial charge in [-0.15, -0.1) is 0 Å². The van der Waals surface area contributed by atoms with Crippen molar-refractivity contribution in [2.75, 3.05) is 11.9 Å². The van der Waals surface area contributed by atoms with Crippen LogP contribution in [0.15, 0.2) is 45.9 Å². The molecule has 0 spiro atoms. The second-order valence-electron chi connectivity index (χ2n) is 6.07. The highest BCUT2D eigenvalue weighted by atomic mass is 16.3. The number of benzene rings is 1. The summed E-state index contributed by atoms with van der Waals surface area (Å²) >= 11 is 0. The molecular formula is C18H21N3O2. The van der Waals surface area contributed by atoms with Crippen LogP contribution < -0.4 is 10.7 Å². The molecule has 23 heavy (non-hydrogen) atoms. The number of carbonyl (C=O) groups excluding carboxylic acids is 1. The number of carbonyl (C=O) groups is 1. The molecule has 1 amide bonds. The van der Waals surface area contributed by atoms with E-state index in [-0.39, 0.29) is 12.5 Å². The fourth-order valence-electron chi connectivity index (χ4n) is 2.42. The maximum absolute atomic E-state index is 11.7. The number of aryl methyl sites for hydroxylation is 1. The van der Waals surface area contributed by atoms with Crippen molar-refractivity contribution in [3.63, 3.8) is 0 Å². The number of hydrogen-bond donors (Lipinski definition) is 2. The summed E-state index contributed by atoms with van der Waals surface area (Å²) in [4.78, 5) is 11.7. The Kier molecular flexibility index (Phi) is 4.46. The molecule has 1 aliphatic carbocycles. The summed E-state index contributed by atoms with van der Waals surface area (Å²) in [6, 6.07) is 11.7. The molecule has 5 nitrogen and oxygen atoms in total. The molecule has 0 unspecified atom stereocenters. The summed E-state index contributed by atoms with van der Waals surface area (Å²) in [5.41, 5.74) is 4.57. The number of hydrazone groups is 1. The molecular weight excluding hydrogens is 290 g/mol. The second-order valence-corrected chi connectivity index (χ2v) is 6.07. The van der Waals surface area contributed by atoms with E-state index in [0.29, 0.717) is 17.6 Å². The Bertz CT molecular complexity index is 703. The molecule has 2 atom stereocenters. The highest BCUT2D eigenvalue weighted by Gasteiger charge is 2.36. The van der Waals surface area contributed by atoms with Crippen molar-refractivity contribution < 1.29 is 9.21 Å². The standard InChI is InChI=1S/C18H21N3O2/c1-12-3-5-14(6-4-12)19-11-18(22)21-20-10-15-7-8-17(23-15)16-9-13(16)2/h3-8,10,13,16,19H,9,11H2,1-2H3,(H,21,22)/b20-10-/t13-,16-/m0/s1. The first-order valence-corrected chi connectivity index (χ1v) is 7.84. The van der Waals surface area contributed by atoms with Gasteiger partial charge in [0.05, 0.1) is 12.8 Å². The first kappa shape index (κ1) is 15.3. The van der Waals surface area contributed by atoms with E-state index < -0.39 is 0 Å². The van der Waals surface area contributed by atoms with Crippen LogP contribution in [0.2, 0.25) is 0 Å². The van der Waals surface area contributed by atoms with Gasteiger partial charge in [-0.05, 0) is 43.5 Å². The van der Waals surface area contributed by atoms with E-state index in [1.54, 1.807) is 0 Å². The minimum absolute atomic E-state index is 0.170. The average molecular weight is 311 g/mol. The van der Waals surface area contributed by atoms with Gasteiger partial charge in [-0.3, -0.25) is 4.79 Å². The molecule has 1 aliphatic rings. The van der Waals surface area contributed by atoms with E-state index >= 15 is 0 Å². The first-order chi connectivity index (χ1) is 11.1. The van der Waals surface area contributed by atoms with E-state index in [1.807, 2.05) is 43.3 Å². The third-order valence-electron chi connectivity index (χ3n) is 4.01. The molecule has 1 aromatic heterocycles. The lowest BCUT2D eigenvalue weighted by Gasteiger charge is -2.05. The Morgan fingerprint density at radius 2 is 2.04 bits per heavy atom. The Morgan fingerprint density at radius 3 is 2.74 bits per heavy atom. The topological polar surface area (TPSA) is 66.6 Å². The molecule has 0 aliphatic heterocycles. The molecule has 2 N–H and O–H groups in total. The SMILES string of the molecule is Cc1ccc(NCC(=O)N/N=C\c2ccc([C@H]3C[C@@H]3C)o2)cc1. The maximum Gasteiger partial charge on any atom is 0.259 e. The predicted molar refractivity (Wildman–Crippen MR) is 90.6 cm³/mol. The van der Waals surface area contributed by atoms with Crippen molar-refractivity contribution in [2.45, 2.75) is 26.2 Å². The van der Waals surface area contributed by atoms with Gasteiger partial charge in [0.1, 0.15) is 11.5 Å². The minimum Gasteiger partial charge on any atom is -0.460 e. The van der Waals surface area contributed by atoms with Crippen LogP contribution in [0.3, 0.4) is 0 Å². The van der Waals surface area contributed by atoms with Crippen LogP contribution in [0.5, 0.6) is 0 Å². The van der Waals surface area contributed by atoms with Crippen LogP contribution >= 0.6 is 0 Å². The summed E-state index contributed by atoms with van der Waals surface area (Å²) in [5.74, 6) is 2.71. The Morgan fingerprint density at radius 1 is 1.30 bits per heavy atom. The van der Waals surface area contributed by atoms with Crippen LogP contribution in [-0.2, 0) is 4.79 Å². The van der Waals surface area contributed by atoms with Gasteiger partial charge in [0.15, 0.2) is 0 Å². The van der Waals surface area contributed by atoms with E-state index in [4.69, 9.17) is 4.42 Å². The molecule has 5 heteroatoms. The van der Waals surface area contributed by atoms with Gasteiger partial charge in [-0.2, -0.15) is 5.10 Å². The minimum atomic E-state index is -0.204. The lowest BCUT2D eigenvalue weighted by molar-refractivity contribution is -0.119. The third-order valence-corrected chi connectivity index (χ3v) is 4.01. The number of nitrogens with one attached hydrogen (secondary N) is 2. The highest BCUT2D eigenvalue weighted by Crippen LogP contribution is 2.47. The van der Waals surface area contributed by atoms with E-state index in [1.165, 1.54) is 18.2 Å². The number of amides is 1. The van der Waals surface area contributed by atoms with Gasteiger partial charge in [-0.25, -0.2) is 5.43 Å². The average Bonchev–Trinajstić information content (AvgIpc) is 3.08. The zero-order valence-corrected chi connectivity index (χ0v) is 13.4. The first-order valence-electron chi connectivity index (χ1n) is 7.84. The van der Waals surface area contributed by atoms with Crippen LogP contribution in [0.4, 0.5) is 5.69 Å². The normalized spacial score (nSPS) is 19.7. The number of furan rings is 1. The Labute approximate surface area is 135 Å². The zero-order valence-electron chi connectivity index (χ0n) is 13.4. The van der Waals surface area contributed by atoms with Gasteiger partial charge in [0.25, 0.3) is 5.91 Å². The number of nitrogens with zero attached hydrogens (tertiary/aromatic N) is 1. The summed E-state index contributed by atoms with van der Waals surface area (Å²) in [7, 11) is 0. The number of rotatable bonds is 6. The fraction of sp³-hybridized carbons (Fsp3) is 0.333. The monoisotopic (exact) mass is 311 g/mol. The van der Waals surface area contributed by atoms with Gasteiger partial charge >= 0.3 is 0 Å². The van der Waals surface area contributed by atoms with Crippen molar-refractivity contribution in [1.82, 2.24) is 5.43 Å². The van der Waals surface area contributed by atoms with Gasteiger partial charge in [0.2, 0.25) is 0 Å². The van der Waals surface area contributed by atoms with E-state index in [2.05, 4.69) is 22.8 Å². The van der Waals surface area contributed by atoms with Gasteiger partial charge < -0.3 is 9.73 Å². The molecule has 0 bridgehead atoms. The Hall–Kier alpha value is -2.56. The van der Waals surface area contributed by atoms with E-state index in [9.17, 15) is 4.79 Å². The zero-order chi connectivity index (χ0) is 16.2. The summed E-state index contributed by atoms with van der Waals surface area (Å²) in [6.07, 6.45) is 2.71. The van der Waals surface area contributed by atoms with Crippen molar-refractivity contribution >= 4 is 17.8 Å². The maximum atomic E-state index is 11.7. The lowest BCUT2D eigenvalue weighted by Crippen LogP contribution is -2.25. The predicted octanol–water partition coefficient (Wildman–Crippen LogP) is 3.27. The molecule has 1 saturated carbocycles. The highest BCUT2D eigenvalue weighted by molar-refractivity contribution is 5.83. The van der Waals surface area contributed by atoms with E-state index in [0.717, 1.165) is 11.4 Å². The molecule has 1 fully saturated rings. The molecule has 1 heterocycles. The molecule has 2 aromatic rings. The number of hydrogen-bond acceptors (Lipinski definition) is 4. The fourth-order valence-corrected chi connectivity index (χ4v) is 2.42. The lowest BCUT2D eigenvalue weighted by atomic mass is 10.2. The quantitative estimate of drug-likeness (QED) is 0.635. The summed E-state index contributed by atoms with van der Waals surface area (Å²) in [6.45, 7) is 4.40. The number of anilines is 1. The Balaban J connectivity index is 1.43. The smallest absolute Gasteiger partial charge is 0.259 e. The largest absolute Gasteiger partial charge is 0.460 e. The second kappa shape index (κ2) is 6.69. The van der Waals surface area contributed by atoms with Crippen molar-refractivity contribution in [3.8, 4) is 0 Å². The van der Waals surface area contributed by atoms with Crippen molar-refractivity contribution in [3.05, 3.63) is 53.5 Å². The van der Waals surface area contributed by atoms with Crippen molar-refractivity contribution in [1.29, 1.82) is 0 Å². The molecule has 3 rings (SSSR count). The van der Waals surface area contributed by atoms with Crippen LogP contribution in [0.25, 0.3) is 0 Å². The molecule has 120 valence electrons. The van der Waals surface area contributed by atoms with Crippen LogP contribution in [-0.4, -0.2) is 18.7 Å². The molecule has 1 aromatic carbocycles.